The molecule has 0 unspecified atom stereocenters. The smallest absolute Gasteiger partial charge is 0.161 e. The van der Waals surface area contributed by atoms with Crippen molar-refractivity contribution in [2.24, 2.45) is 9.98 Å². The van der Waals surface area contributed by atoms with E-state index in [2.05, 4.69) is 4.99 Å². The van der Waals surface area contributed by atoms with E-state index in [0.717, 1.165) is 28.8 Å². The molecule has 0 aliphatic carbocycles. The number of methoxy groups -OCH3 is 2. The molecule has 4 rings (SSSR count). The van der Waals surface area contributed by atoms with Crippen LogP contribution in [0.1, 0.15) is 22.3 Å². The van der Waals surface area contributed by atoms with Gasteiger partial charge in [0.05, 0.1) is 30.6 Å². The Kier molecular flexibility index (Phi) is 6.16. The molecule has 1 aliphatic heterocycles. The van der Waals surface area contributed by atoms with Crippen LogP contribution in [-0.4, -0.2) is 37.8 Å². The molecule has 1 aliphatic rings. The monoisotopic (exact) mass is 454 g/mol. The van der Waals surface area contributed by atoms with Gasteiger partial charge in [-0.2, -0.15) is 0 Å². The van der Waals surface area contributed by atoms with E-state index in [9.17, 15) is 5.11 Å². The van der Waals surface area contributed by atoms with Crippen molar-refractivity contribution in [3.8, 4) is 17.2 Å². The third-order valence-electron chi connectivity index (χ3n) is 5.08. The molecule has 31 heavy (non-hydrogen) atoms. The fourth-order valence-electron chi connectivity index (χ4n) is 3.56. The van der Waals surface area contributed by atoms with Gasteiger partial charge in [-0.3, -0.25) is 9.98 Å². The van der Waals surface area contributed by atoms with Gasteiger partial charge in [0.25, 0.3) is 0 Å². The summed E-state index contributed by atoms with van der Waals surface area (Å²) in [6.45, 7) is 0.667. The highest BCUT2D eigenvalue weighted by atomic mass is 35.5. The Morgan fingerprint density at radius 3 is 2.52 bits per heavy atom. The normalized spacial score (nSPS) is 13.1. The predicted molar refractivity (Wildman–Crippen MR) is 126 cm³/mol. The number of phenols is 1. The number of benzene rings is 3. The summed E-state index contributed by atoms with van der Waals surface area (Å²) in [7, 11) is 3.24. The Labute approximate surface area is 190 Å². The third kappa shape index (κ3) is 4.24. The fourth-order valence-corrected chi connectivity index (χ4v) is 4.07. The van der Waals surface area contributed by atoms with Gasteiger partial charge in [-0.15, -0.1) is 0 Å². The van der Waals surface area contributed by atoms with Crippen molar-refractivity contribution in [2.45, 2.75) is 6.42 Å². The van der Waals surface area contributed by atoms with Gasteiger partial charge >= 0.3 is 0 Å². The summed E-state index contributed by atoms with van der Waals surface area (Å²) in [5.74, 6) is 1.28. The van der Waals surface area contributed by atoms with Gasteiger partial charge in [0.1, 0.15) is 5.75 Å². The average molecular weight is 455 g/mol. The number of halogens is 2. The highest BCUT2D eigenvalue weighted by Crippen LogP contribution is 2.35. The van der Waals surface area contributed by atoms with Gasteiger partial charge in [-0.05, 0) is 42.3 Å². The van der Waals surface area contributed by atoms with Crippen molar-refractivity contribution >= 4 is 40.8 Å². The number of para-hydroxylation sites is 1. The van der Waals surface area contributed by atoms with Crippen molar-refractivity contribution in [2.75, 3.05) is 20.8 Å². The summed E-state index contributed by atoms with van der Waals surface area (Å²) < 4.78 is 10.9. The number of fused-ring (bicyclic) bond motifs is 1. The Morgan fingerprint density at radius 2 is 1.74 bits per heavy atom. The second kappa shape index (κ2) is 9.00. The summed E-state index contributed by atoms with van der Waals surface area (Å²) in [6.07, 6.45) is 2.37. The molecule has 3 aromatic rings. The maximum atomic E-state index is 10.2. The molecule has 0 bridgehead atoms. The predicted octanol–water partition coefficient (Wildman–Crippen LogP) is 5.86. The van der Waals surface area contributed by atoms with Crippen molar-refractivity contribution in [3.63, 3.8) is 0 Å². The van der Waals surface area contributed by atoms with Gasteiger partial charge in [-0.25, -0.2) is 0 Å². The van der Waals surface area contributed by atoms with Crippen molar-refractivity contribution in [3.05, 3.63) is 80.8 Å². The second-order valence-corrected chi connectivity index (χ2v) is 7.79. The van der Waals surface area contributed by atoms with Crippen LogP contribution in [0.2, 0.25) is 10.0 Å². The molecule has 0 radical (unpaired) electrons. The van der Waals surface area contributed by atoms with Crippen molar-refractivity contribution < 1.29 is 14.6 Å². The first-order chi connectivity index (χ1) is 15.0. The lowest BCUT2D eigenvalue weighted by Crippen LogP contribution is -2.15. The molecule has 0 amide bonds. The van der Waals surface area contributed by atoms with Gasteiger partial charge in [-0.1, -0.05) is 41.4 Å². The van der Waals surface area contributed by atoms with E-state index in [1.165, 1.54) is 6.07 Å². The first kappa shape index (κ1) is 21.2. The zero-order valence-electron chi connectivity index (χ0n) is 17.0. The zero-order chi connectivity index (χ0) is 22.0. The molecule has 158 valence electrons. The van der Waals surface area contributed by atoms with Gasteiger partial charge in [0.2, 0.25) is 0 Å². The SMILES string of the molecule is COc1cc2c(cc1OC)C(c1ccccc1N=Cc1cc(Cl)cc(Cl)c1O)=NCC2. The van der Waals surface area contributed by atoms with Crippen LogP contribution in [0.25, 0.3) is 0 Å². The maximum absolute atomic E-state index is 10.2. The lowest BCUT2D eigenvalue weighted by atomic mass is 9.92. The highest BCUT2D eigenvalue weighted by molar-refractivity contribution is 6.36. The summed E-state index contributed by atoms with van der Waals surface area (Å²) in [6, 6.07) is 14.8. The summed E-state index contributed by atoms with van der Waals surface area (Å²) in [5.41, 5.74) is 4.98. The van der Waals surface area contributed by atoms with Crippen LogP contribution in [0, 0.1) is 0 Å². The minimum absolute atomic E-state index is 0.0653. The Morgan fingerprint density at radius 1 is 1.00 bits per heavy atom. The van der Waals surface area contributed by atoms with Crippen molar-refractivity contribution in [1.82, 2.24) is 0 Å². The number of aromatic hydroxyl groups is 1. The largest absolute Gasteiger partial charge is 0.506 e. The molecular weight excluding hydrogens is 435 g/mol. The molecule has 5 nitrogen and oxygen atoms in total. The minimum Gasteiger partial charge on any atom is -0.506 e. The van der Waals surface area contributed by atoms with Gasteiger partial charge in [0, 0.05) is 34.5 Å². The topological polar surface area (TPSA) is 63.4 Å². The van der Waals surface area contributed by atoms with E-state index < -0.39 is 0 Å². The summed E-state index contributed by atoms with van der Waals surface area (Å²) in [4.78, 5) is 9.39. The first-order valence-electron chi connectivity index (χ1n) is 9.63. The maximum Gasteiger partial charge on any atom is 0.161 e. The molecule has 0 fully saturated rings. The van der Waals surface area contributed by atoms with Gasteiger partial charge in [0.15, 0.2) is 11.5 Å². The second-order valence-electron chi connectivity index (χ2n) is 6.95. The van der Waals surface area contributed by atoms with Crippen LogP contribution >= 0.6 is 23.2 Å². The molecule has 1 heterocycles. The Hall–Kier alpha value is -3.02. The third-order valence-corrected chi connectivity index (χ3v) is 5.58. The van der Waals surface area contributed by atoms with E-state index >= 15 is 0 Å². The van der Waals surface area contributed by atoms with Crippen LogP contribution in [0.5, 0.6) is 17.2 Å². The molecule has 7 heteroatoms. The summed E-state index contributed by atoms with van der Waals surface area (Å²) >= 11 is 12.1. The lowest BCUT2D eigenvalue weighted by molar-refractivity contribution is 0.354. The summed E-state index contributed by atoms with van der Waals surface area (Å²) in [5, 5.41) is 10.8. The highest BCUT2D eigenvalue weighted by Gasteiger charge is 2.21. The number of ether oxygens (including phenoxy) is 2. The Balaban J connectivity index is 1.78. The number of aliphatic imine (C=N–C) groups is 2. The molecule has 0 atom stereocenters. The lowest BCUT2D eigenvalue weighted by Gasteiger charge is -2.20. The molecular formula is C24H20Cl2N2O3. The molecule has 1 N–H and O–H groups in total. The molecule has 0 spiro atoms. The number of hydrogen-bond acceptors (Lipinski definition) is 5. The number of rotatable bonds is 5. The van der Waals surface area contributed by atoms with Crippen molar-refractivity contribution in [1.29, 1.82) is 0 Å². The Bertz CT molecular complexity index is 1210. The van der Waals surface area contributed by atoms with Crippen LogP contribution in [-0.2, 0) is 6.42 Å². The zero-order valence-corrected chi connectivity index (χ0v) is 18.5. The van der Waals surface area contributed by atoms with E-state index in [4.69, 9.17) is 37.7 Å². The van der Waals surface area contributed by atoms with Crippen LogP contribution < -0.4 is 9.47 Å². The van der Waals surface area contributed by atoms with E-state index in [1.54, 1.807) is 26.5 Å². The van der Waals surface area contributed by atoms with E-state index in [0.29, 0.717) is 34.3 Å². The van der Waals surface area contributed by atoms with Crippen LogP contribution in [0.3, 0.4) is 0 Å². The number of nitrogens with zero attached hydrogens (tertiary/aromatic N) is 2. The molecule has 0 aromatic heterocycles. The minimum atomic E-state index is -0.0653. The molecule has 3 aromatic carbocycles. The van der Waals surface area contributed by atoms with Crippen LogP contribution in [0.4, 0.5) is 5.69 Å². The number of hydrogen-bond donors (Lipinski definition) is 1. The molecule has 0 saturated carbocycles. The average Bonchev–Trinajstić information content (AvgIpc) is 2.79. The van der Waals surface area contributed by atoms with E-state index in [-0.39, 0.29) is 10.8 Å². The standard InChI is InChI=1S/C24H20Cl2N2O3/c1-30-21-10-14-7-8-27-23(18(14)12-22(21)31-2)17-5-3-4-6-20(17)28-13-15-9-16(25)11-19(26)24(15)29/h3-6,9-13,29H,7-8H2,1-2H3. The van der Waals surface area contributed by atoms with Crippen LogP contribution in [0.15, 0.2) is 58.5 Å². The van der Waals surface area contributed by atoms with E-state index in [1.807, 2.05) is 36.4 Å². The van der Waals surface area contributed by atoms with Gasteiger partial charge < -0.3 is 14.6 Å². The fraction of sp³-hybridized carbons (Fsp3) is 0.167. The first-order valence-corrected chi connectivity index (χ1v) is 10.4. The number of phenolic OH excluding ortho intramolecular Hbond substituents is 1. The molecule has 0 saturated heterocycles. The quantitative estimate of drug-likeness (QED) is 0.490.